The van der Waals surface area contributed by atoms with Crippen molar-refractivity contribution in [3.63, 3.8) is 0 Å². The second kappa shape index (κ2) is 5.47. The minimum absolute atomic E-state index is 0.197. The van der Waals surface area contributed by atoms with Gasteiger partial charge in [0.1, 0.15) is 0 Å². The number of fused-ring (bicyclic) bond motifs is 2. The van der Waals surface area contributed by atoms with Crippen LogP contribution in [0, 0.1) is 11.3 Å². The molecule has 1 saturated carbocycles. The van der Waals surface area contributed by atoms with Crippen LogP contribution in [0.4, 0.5) is 0 Å². The first-order chi connectivity index (χ1) is 8.66. The van der Waals surface area contributed by atoms with E-state index in [4.69, 9.17) is 15.3 Å². The van der Waals surface area contributed by atoms with Crippen LogP contribution in [-0.2, 0) is 9.59 Å². The fourth-order valence-electron chi connectivity index (χ4n) is 2.79. The molecule has 1 atom stereocenters. The maximum Gasteiger partial charge on any atom is 0.371 e. The summed E-state index contributed by atoms with van der Waals surface area (Å²) >= 11 is 0. The molecule has 0 aromatic carbocycles. The van der Waals surface area contributed by atoms with E-state index in [1.807, 2.05) is 0 Å². The largest absolute Gasteiger partial charge is 0.502 e. The molecule has 0 aromatic rings. The van der Waals surface area contributed by atoms with E-state index >= 15 is 0 Å². The van der Waals surface area contributed by atoms with Gasteiger partial charge in [-0.25, -0.2) is 9.59 Å². The van der Waals surface area contributed by atoms with Crippen LogP contribution >= 0.6 is 0 Å². The maximum atomic E-state index is 9.65. The number of carboxylic acid groups (broad SMARTS) is 2. The van der Waals surface area contributed by atoms with Gasteiger partial charge in [0.05, 0.1) is 6.08 Å². The Balaban J connectivity index is 0.000000192. The number of allylic oxidation sites excluding steroid dienone is 2. The number of carboxylic acids is 2. The molecule has 3 aliphatic rings. The molecule has 5 heteroatoms. The van der Waals surface area contributed by atoms with Gasteiger partial charge in [0.2, 0.25) is 5.76 Å². The van der Waals surface area contributed by atoms with Crippen molar-refractivity contribution in [3.05, 3.63) is 23.0 Å². The van der Waals surface area contributed by atoms with E-state index < -0.39 is 17.7 Å². The highest BCUT2D eigenvalue weighted by Crippen LogP contribution is 2.58. The van der Waals surface area contributed by atoms with Crippen LogP contribution in [0.1, 0.15) is 40.0 Å². The van der Waals surface area contributed by atoms with Gasteiger partial charge in [-0.05, 0) is 37.5 Å². The maximum absolute atomic E-state index is 9.65. The summed E-state index contributed by atoms with van der Waals surface area (Å²) in [6.07, 6.45) is 4.44. The van der Waals surface area contributed by atoms with Gasteiger partial charge in [-0.3, -0.25) is 0 Å². The summed E-state index contributed by atoms with van der Waals surface area (Å²) in [4.78, 5) is 19.3. The molecule has 2 bridgehead atoms. The Morgan fingerprint density at radius 2 is 1.84 bits per heavy atom. The quantitative estimate of drug-likeness (QED) is 0.406. The Morgan fingerprint density at radius 3 is 2.05 bits per heavy atom. The van der Waals surface area contributed by atoms with Gasteiger partial charge in [-0.2, -0.15) is 0 Å². The predicted octanol–water partition coefficient (Wildman–Crippen LogP) is 2.74. The van der Waals surface area contributed by atoms with E-state index in [2.05, 4.69) is 20.8 Å². The summed E-state index contributed by atoms with van der Waals surface area (Å²) in [6, 6.07) is 0. The first kappa shape index (κ1) is 15.3. The van der Waals surface area contributed by atoms with Crippen LogP contribution in [0.15, 0.2) is 23.0 Å². The second-order valence-corrected chi connectivity index (χ2v) is 5.59. The van der Waals surface area contributed by atoms with Crippen molar-refractivity contribution < 1.29 is 24.9 Å². The Kier molecular flexibility index (Phi) is 4.39. The first-order valence-corrected chi connectivity index (χ1v) is 6.22. The third-order valence-corrected chi connectivity index (χ3v) is 4.11. The van der Waals surface area contributed by atoms with Gasteiger partial charge in [0.15, 0.2) is 0 Å². The van der Waals surface area contributed by atoms with E-state index in [0.717, 1.165) is 5.92 Å². The molecule has 1 fully saturated rings. The van der Waals surface area contributed by atoms with Crippen molar-refractivity contribution in [2.24, 2.45) is 11.3 Å². The monoisotopic (exact) mass is 268 g/mol. The van der Waals surface area contributed by atoms with Crippen molar-refractivity contribution in [2.75, 3.05) is 0 Å². The third-order valence-electron chi connectivity index (χ3n) is 4.11. The number of aliphatic hydroxyl groups excluding tert-OH is 1. The Hall–Kier alpha value is -1.78. The molecule has 106 valence electrons. The van der Waals surface area contributed by atoms with Crippen molar-refractivity contribution >= 4 is 11.9 Å². The van der Waals surface area contributed by atoms with Gasteiger partial charge in [0.25, 0.3) is 0 Å². The Labute approximate surface area is 112 Å². The van der Waals surface area contributed by atoms with Gasteiger partial charge >= 0.3 is 11.9 Å². The van der Waals surface area contributed by atoms with Crippen LogP contribution in [0.2, 0.25) is 0 Å². The molecule has 0 saturated heterocycles. The van der Waals surface area contributed by atoms with E-state index in [0.29, 0.717) is 5.41 Å². The third kappa shape index (κ3) is 3.36. The van der Waals surface area contributed by atoms with E-state index in [-0.39, 0.29) is 6.08 Å². The number of hydrogen-bond acceptors (Lipinski definition) is 3. The van der Waals surface area contributed by atoms with Gasteiger partial charge < -0.3 is 15.3 Å². The fraction of sp³-hybridized carbons (Fsp3) is 0.571. The molecule has 0 aliphatic heterocycles. The van der Waals surface area contributed by atoms with Crippen molar-refractivity contribution in [2.45, 2.75) is 40.0 Å². The molecule has 0 spiro atoms. The second-order valence-electron chi connectivity index (χ2n) is 5.59. The van der Waals surface area contributed by atoms with Crippen LogP contribution in [0.25, 0.3) is 0 Å². The SMILES string of the molecule is CC1=C2CC(CC1)C2(C)C.O=C(O)/C=C(/O)C(=O)O. The average molecular weight is 268 g/mol. The minimum atomic E-state index is -1.66. The molecule has 0 aromatic heterocycles. The average Bonchev–Trinajstić information content (AvgIpc) is 2.28. The zero-order chi connectivity index (χ0) is 14.8. The standard InChI is InChI=1S/C10H16.C4H4O5/c1-7-4-5-8-6-9(7)10(8,2)3;5-2(4(8)9)1-3(6)7/h8H,4-6H2,1-3H3;1,5H,(H,6,7)(H,8,9)/b;2-1+. The van der Waals surface area contributed by atoms with Crippen LogP contribution in [-0.4, -0.2) is 27.3 Å². The minimum Gasteiger partial charge on any atom is -0.502 e. The molecule has 1 unspecified atom stereocenters. The molecular weight excluding hydrogens is 248 g/mol. The van der Waals surface area contributed by atoms with E-state index in [1.165, 1.54) is 19.3 Å². The molecule has 0 radical (unpaired) electrons. The lowest BCUT2D eigenvalue weighted by atomic mass is 9.52. The molecular formula is C14H20O5. The zero-order valence-corrected chi connectivity index (χ0v) is 11.4. The van der Waals surface area contributed by atoms with E-state index in [1.54, 1.807) is 11.1 Å². The highest BCUT2D eigenvalue weighted by atomic mass is 16.4. The number of aliphatic carboxylic acids is 2. The lowest BCUT2D eigenvalue weighted by molar-refractivity contribution is -0.137. The molecule has 19 heavy (non-hydrogen) atoms. The number of hydrogen-bond donors (Lipinski definition) is 3. The van der Waals surface area contributed by atoms with Gasteiger partial charge in [0, 0.05) is 0 Å². The Bertz CT molecular complexity index is 456. The molecule has 3 aliphatic carbocycles. The topological polar surface area (TPSA) is 94.8 Å². The predicted molar refractivity (Wildman–Crippen MR) is 69.8 cm³/mol. The zero-order valence-electron chi connectivity index (χ0n) is 11.4. The van der Waals surface area contributed by atoms with Crippen LogP contribution in [0.3, 0.4) is 0 Å². The lowest BCUT2D eigenvalue weighted by Gasteiger charge is -2.52. The highest BCUT2D eigenvalue weighted by Gasteiger charge is 2.46. The summed E-state index contributed by atoms with van der Waals surface area (Å²) in [6.45, 7) is 7.12. The van der Waals surface area contributed by atoms with Crippen LogP contribution in [0.5, 0.6) is 0 Å². The Morgan fingerprint density at radius 1 is 1.26 bits per heavy atom. The van der Waals surface area contributed by atoms with Crippen molar-refractivity contribution in [3.8, 4) is 0 Å². The van der Waals surface area contributed by atoms with Gasteiger partial charge in [-0.1, -0.05) is 25.0 Å². The molecule has 0 heterocycles. The summed E-state index contributed by atoms with van der Waals surface area (Å²) in [5.74, 6) is -3.30. The summed E-state index contributed by atoms with van der Waals surface area (Å²) < 4.78 is 0. The number of aliphatic hydroxyl groups is 1. The molecule has 3 N–H and O–H groups in total. The summed E-state index contributed by atoms with van der Waals surface area (Å²) in [7, 11) is 0. The van der Waals surface area contributed by atoms with Crippen molar-refractivity contribution in [1.29, 1.82) is 0 Å². The smallest absolute Gasteiger partial charge is 0.371 e. The van der Waals surface area contributed by atoms with Gasteiger partial charge in [-0.15, -0.1) is 0 Å². The molecule has 3 rings (SSSR count). The summed E-state index contributed by atoms with van der Waals surface area (Å²) in [5, 5.41) is 23.9. The normalized spacial score (nSPS) is 23.9. The molecule has 0 amide bonds. The highest BCUT2D eigenvalue weighted by molar-refractivity contribution is 5.92. The fourth-order valence-corrected chi connectivity index (χ4v) is 2.79. The number of rotatable bonds is 2. The summed E-state index contributed by atoms with van der Waals surface area (Å²) in [5.41, 5.74) is 4.04. The van der Waals surface area contributed by atoms with Crippen molar-refractivity contribution in [1.82, 2.24) is 0 Å². The first-order valence-electron chi connectivity index (χ1n) is 6.22. The van der Waals surface area contributed by atoms with Crippen LogP contribution < -0.4 is 0 Å². The van der Waals surface area contributed by atoms with E-state index in [9.17, 15) is 9.59 Å². The molecule has 5 nitrogen and oxygen atoms in total. The lowest BCUT2D eigenvalue weighted by Crippen LogP contribution is -2.41. The number of carbonyl (C=O) groups is 2.